The first kappa shape index (κ1) is 27.4. The maximum atomic E-state index is 13.5. The number of aromatic nitrogens is 3. The first-order valence-corrected chi connectivity index (χ1v) is 14.5. The van der Waals surface area contributed by atoms with E-state index in [0.717, 1.165) is 41.9 Å². The summed E-state index contributed by atoms with van der Waals surface area (Å²) in [7, 11) is 0. The van der Waals surface area contributed by atoms with Crippen molar-refractivity contribution >= 4 is 40.4 Å². The van der Waals surface area contributed by atoms with Crippen LogP contribution >= 0.6 is 0 Å². The fraction of sp³-hybridized carbons (Fsp3) is 0.303. The van der Waals surface area contributed by atoms with Crippen LogP contribution in [0.3, 0.4) is 0 Å². The number of carboxylic acids is 1. The Balaban J connectivity index is 1.22. The van der Waals surface area contributed by atoms with Crippen molar-refractivity contribution in [1.29, 1.82) is 0 Å². The summed E-state index contributed by atoms with van der Waals surface area (Å²) in [5.41, 5.74) is 3.57. The van der Waals surface area contributed by atoms with E-state index in [4.69, 9.17) is 10.2 Å². The van der Waals surface area contributed by atoms with Crippen molar-refractivity contribution in [3.05, 3.63) is 89.9 Å². The summed E-state index contributed by atoms with van der Waals surface area (Å²) in [6.45, 7) is 0. The Morgan fingerprint density at radius 3 is 2.43 bits per heavy atom. The predicted octanol–water partition coefficient (Wildman–Crippen LogP) is 5.86. The fourth-order valence-electron chi connectivity index (χ4n) is 6.02. The average molecular weight is 564 g/mol. The number of hydrogen-bond donors (Lipinski definition) is 3. The second kappa shape index (κ2) is 11.6. The van der Waals surface area contributed by atoms with Crippen LogP contribution in [0.1, 0.15) is 78.9 Å². The Kier molecular flexibility index (Phi) is 7.56. The van der Waals surface area contributed by atoms with Crippen LogP contribution in [-0.4, -0.2) is 43.2 Å². The zero-order valence-corrected chi connectivity index (χ0v) is 23.3. The van der Waals surface area contributed by atoms with Crippen LogP contribution in [0.4, 0.5) is 5.69 Å². The zero-order chi connectivity index (χ0) is 29.1. The molecule has 0 radical (unpaired) electrons. The van der Waals surface area contributed by atoms with E-state index < -0.39 is 11.5 Å². The Labute approximate surface area is 243 Å². The molecular formula is C33H33N5O4. The van der Waals surface area contributed by atoms with Crippen molar-refractivity contribution in [2.75, 3.05) is 5.32 Å². The minimum atomic E-state index is -1.03. The van der Waals surface area contributed by atoms with Crippen molar-refractivity contribution in [2.45, 2.75) is 62.8 Å². The van der Waals surface area contributed by atoms with Gasteiger partial charge in [-0.05, 0) is 80.1 Å². The molecule has 3 N–H and O–H groups in total. The molecule has 0 atom stereocenters. The molecule has 2 amide bonds. The summed E-state index contributed by atoms with van der Waals surface area (Å²) in [6.07, 6.45) is 13.9. The lowest BCUT2D eigenvalue weighted by Gasteiger charge is -2.40. The van der Waals surface area contributed by atoms with Gasteiger partial charge in [0.05, 0.1) is 23.1 Å². The zero-order valence-electron chi connectivity index (χ0n) is 23.3. The van der Waals surface area contributed by atoms with E-state index in [1.807, 2.05) is 41.2 Å². The SMILES string of the molecule is O=C(O)/C=C/c1ccc(NC(=O)C2(NC(=O)c3ccc4c(C5CCCCC5)n(-c5cccnc5)nc4c3)CCC2)cc1. The number of nitrogens with zero attached hydrogens (tertiary/aromatic N) is 3. The van der Waals surface area contributed by atoms with E-state index in [0.29, 0.717) is 35.6 Å². The van der Waals surface area contributed by atoms with Gasteiger partial charge in [-0.2, -0.15) is 5.10 Å². The highest BCUT2D eigenvalue weighted by Gasteiger charge is 2.45. The van der Waals surface area contributed by atoms with Crippen molar-refractivity contribution in [3.8, 4) is 5.69 Å². The monoisotopic (exact) mass is 563 g/mol. The first-order chi connectivity index (χ1) is 20.4. The summed E-state index contributed by atoms with van der Waals surface area (Å²) in [4.78, 5) is 41.9. The number of aliphatic carboxylic acids is 1. The van der Waals surface area contributed by atoms with Gasteiger partial charge in [-0.3, -0.25) is 14.6 Å². The van der Waals surface area contributed by atoms with Crippen molar-refractivity contribution in [3.63, 3.8) is 0 Å². The number of rotatable bonds is 8. The van der Waals surface area contributed by atoms with E-state index in [-0.39, 0.29) is 11.8 Å². The Morgan fingerprint density at radius 2 is 1.76 bits per heavy atom. The number of carbonyl (C=O) groups excluding carboxylic acids is 2. The quantitative estimate of drug-likeness (QED) is 0.231. The van der Waals surface area contributed by atoms with Crippen LogP contribution in [-0.2, 0) is 9.59 Å². The molecule has 0 unspecified atom stereocenters. The van der Waals surface area contributed by atoms with Crippen LogP contribution in [0.2, 0.25) is 0 Å². The maximum absolute atomic E-state index is 13.5. The van der Waals surface area contributed by atoms with E-state index in [9.17, 15) is 14.4 Å². The number of pyridine rings is 1. The van der Waals surface area contributed by atoms with Gasteiger partial charge in [0.2, 0.25) is 5.91 Å². The predicted molar refractivity (Wildman–Crippen MR) is 160 cm³/mol. The Bertz CT molecular complexity index is 1650. The third kappa shape index (κ3) is 5.54. The van der Waals surface area contributed by atoms with Gasteiger partial charge in [-0.15, -0.1) is 0 Å². The molecular weight excluding hydrogens is 530 g/mol. The molecule has 2 aromatic heterocycles. The Morgan fingerprint density at radius 1 is 0.976 bits per heavy atom. The van der Waals surface area contributed by atoms with Crippen LogP contribution in [0.5, 0.6) is 0 Å². The van der Waals surface area contributed by atoms with Gasteiger partial charge in [-0.25, -0.2) is 9.48 Å². The molecule has 4 aromatic rings. The molecule has 2 saturated carbocycles. The molecule has 214 valence electrons. The topological polar surface area (TPSA) is 126 Å². The molecule has 42 heavy (non-hydrogen) atoms. The number of anilines is 1. The summed E-state index contributed by atoms with van der Waals surface area (Å²) in [5, 5.41) is 20.7. The molecule has 0 bridgehead atoms. The van der Waals surface area contributed by atoms with Crippen molar-refractivity contribution in [1.82, 2.24) is 20.1 Å². The molecule has 0 aliphatic heterocycles. The lowest BCUT2D eigenvalue weighted by Crippen LogP contribution is -2.61. The lowest BCUT2D eigenvalue weighted by molar-refractivity contribution is -0.131. The molecule has 2 fully saturated rings. The normalized spacial score (nSPS) is 16.7. The van der Waals surface area contributed by atoms with Crippen LogP contribution in [0.25, 0.3) is 22.7 Å². The molecule has 6 rings (SSSR count). The number of carboxylic acid groups (broad SMARTS) is 1. The summed E-state index contributed by atoms with van der Waals surface area (Å²) in [6, 6.07) is 16.4. The van der Waals surface area contributed by atoms with Crippen molar-refractivity contribution in [2.24, 2.45) is 0 Å². The summed E-state index contributed by atoms with van der Waals surface area (Å²) >= 11 is 0. The molecule has 2 heterocycles. The van der Waals surface area contributed by atoms with E-state index >= 15 is 0 Å². The number of benzene rings is 2. The smallest absolute Gasteiger partial charge is 0.328 e. The summed E-state index contributed by atoms with van der Waals surface area (Å²) < 4.78 is 1.99. The highest BCUT2D eigenvalue weighted by atomic mass is 16.4. The Hall–Kier alpha value is -4.79. The number of carbonyl (C=O) groups is 3. The fourth-order valence-corrected chi connectivity index (χ4v) is 6.02. The first-order valence-electron chi connectivity index (χ1n) is 14.5. The molecule has 9 heteroatoms. The van der Waals surface area contributed by atoms with Gasteiger partial charge in [0.25, 0.3) is 5.91 Å². The maximum Gasteiger partial charge on any atom is 0.328 e. The van der Waals surface area contributed by atoms with E-state index in [2.05, 4.69) is 15.6 Å². The van der Waals surface area contributed by atoms with Crippen LogP contribution < -0.4 is 10.6 Å². The molecule has 2 aliphatic carbocycles. The molecule has 0 spiro atoms. The van der Waals surface area contributed by atoms with Gasteiger partial charge < -0.3 is 15.7 Å². The largest absolute Gasteiger partial charge is 0.478 e. The standard InChI is InChI=1S/C33H33N5O4/c39-29(40)16-11-22-9-13-25(14-10-22)35-32(42)33(17-5-18-33)36-31(41)24-12-15-27-28(20-24)37-38(26-8-4-19-34-21-26)30(27)23-6-2-1-3-7-23/h4,8-16,19-21,23H,1-3,5-7,17-18H2,(H,35,42)(H,36,41)(H,39,40)/b16-11+. The van der Waals surface area contributed by atoms with E-state index in [1.54, 1.807) is 30.5 Å². The second-order valence-corrected chi connectivity index (χ2v) is 11.2. The van der Waals surface area contributed by atoms with Crippen LogP contribution in [0.15, 0.2) is 73.1 Å². The number of nitrogens with one attached hydrogen (secondary N) is 2. The van der Waals surface area contributed by atoms with E-state index in [1.165, 1.54) is 31.0 Å². The minimum Gasteiger partial charge on any atom is -0.478 e. The number of fused-ring (bicyclic) bond motifs is 1. The van der Waals surface area contributed by atoms with Gasteiger partial charge in [0.15, 0.2) is 0 Å². The van der Waals surface area contributed by atoms with Gasteiger partial charge in [0.1, 0.15) is 5.54 Å². The third-order valence-corrected chi connectivity index (χ3v) is 8.44. The highest BCUT2D eigenvalue weighted by Crippen LogP contribution is 2.38. The average Bonchev–Trinajstić information content (AvgIpc) is 3.38. The highest BCUT2D eigenvalue weighted by molar-refractivity contribution is 6.05. The van der Waals surface area contributed by atoms with Gasteiger partial charge >= 0.3 is 5.97 Å². The molecule has 9 nitrogen and oxygen atoms in total. The van der Waals surface area contributed by atoms with Crippen molar-refractivity contribution < 1.29 is 19.5 Å². The second-order valence-electron chi connectivity index (χ2n) is 11.2. The minimum absolute atomic E-state index is 0.266. The number of amides is 2. The van der Waals surface area contributed by atoms with Crippen LogP contribution in [0, 0.1) is 0 Å². The number of hydrogen-bond acceptors (Lipinski definition) is 5. The van der Waals surface area contributed by atoms with Gasteiger partial charge in [-0.1, -0.05) is 37.5 Å². The molecule has 0 saturated heterocycles. The molecule has 2 aliphatic rings. The lowest BCUT2D eigenvalue weighted by atomic mass is 9.75. The van der Waals surface area contributed by atoms with Gasteiger partial charge in [0, 0.05) is 34.8 Å². The third-order valence-electron chi connectivity index (χ3n) is 8.44. The molecule has 2 aromatic carbocycles. The summed E-state index contributed by atoms with van der Waals surface area (Å²) in [5.74, 6) is -1.21.